The van der Waals surface area contributed by atoms with E-state index in [0.717, 1.165) is 37.9 Å². The first-order valence-corrected chi connectivity index (χ1v) is 7.46. The summed E-state index contributed by atoms with van der Waals surface area (Å²) in [5.41, 5.74) is 0.929. The average Bonchev–Trinajstić information content (AvgIpc) is 2.48. The van der Waals surface area contributed by atoms with E-state index in [1.54, 1.807) is 12.1 Å². The summed E-state index contributed by atoms with van der Waals surface area (Å²) in [6, 6.07) is 5.32. The topological polar surface area (TPSA) is 75.8 Å². The molecule has 21 heavy (non-hydrogen) atoms. The Kier molecular flexibility index (Phi) is 5.38. The zero-order chi connectivity index (χ0) is 15.2. The third kappa shape index (κ3) is 3.64. The van der Waals surface area contributed by atoms with Crippen LogP contribution in [0.2, 0.25) is 0 Å². The molecule has 6 nitrogen and oxygen atoms in total. The molecule has 0 spiro atoms. The van der Waals surface area contributed by atoms with E-state index in [4.69, 9.17) is 4.74 Å². The quantitative estimate of drug-likeness (QED) is 0.645. The van der Waals surface area contributed by atoms with Gasteiger partial charge in [-0.3, -0.25) is 10.1 Å². The van der Waals surface area contributed by atoms with Crippen molar-refractivity contribution >= 4 is 11.4 Å². The number of aliphatic hydroxyl groups is 1. The highest BCUT2D eigenvalue weighted by molar-refractivity contribution is 5.60. The molecule has 116 valence electrons. The number of aliphatic hydroxyl groups excluding tert-OH is 1. The van der Waals surface area contributed by atoms with Gasteiger partial charge in [0.1, 0.15) is 0 Å². The molecule has 1 heterocycles. The van der Waals surface area contributed by atoms with Gasteiger partial charge in [-0.05, 0) is 38.7 Å². The van der Waals surface area contributed by atoms with E-state index in [-0.39, 0.29) is 12.3 Å². The van der Waals surface area contributed by atoms with Crippen molar-refractivity contribution in [1.29, 1.82) is 0 Å². The molecular weight excluding hydrogens is 272 g/mol. The summed E-state index contributed by atoms with van der Waals surface area (Å²) < 4.78 is 5.41. The van der Waals surface area contributed by atoms with Gasteiger partial charge in [0.2, 0.25) is 0 Å². The van der Waals surface area contributed by atoms with Crippen LogP contribution in [0.15, 0.2) is 18.2 Å². The minimum Gasteiger partial charge on any atom is -0.487 e. The van der Waals surface area contributed by atoms with Crippen LogP contribution in [-0.2, 0) is 0 Å². The van der Waals surface area contributed by atoms with Gasteiger partial charge in [-0.15, -0.1) is 0 Å². The zero-order valence-corrected chi connectivity index (χ0v) is 12.3. The number of benzene rings is 1. The lowest BCUT2D eigenvalue weighted by atomic mass is 9.98. The van der Waals surface area contributed by atoms with Gasteiger partial charge in [0, 0.05) is 37.0 Å². The molecule has 6 heteroatoms. The first kappa shape index (κ1) is 15.6. The monoisotopic (exact) mass is 294 g/mol. The molecule has 0 aliphatic carbocycles. The molecule has 2 rings (SSSR count). The Morgan fingerprint density at radius 1 is 1.48 bits per heavy atom. The first-order valence-electron chi connectivity index (χ1n) is 7.46. The molecular formula is C15H22N2O4. The molecule has 1 atom stereocenters. The highest BCUT2D eigenvalue weighted by Crippen LogP contribution is 2.34. The van der Waals surface area contributed by atoms with Gasteiger partial charge in [-0.2, -0.15) is 0 Å². The van der Waals surface area contributed by atoms with Gasteiger partial charge in [-0.25, -0.2) is 0 Å². The van der Waals surface area contributed by atoms with Crippen LogP contribution >= 0.6 is 0 Å². The van der Waals surface area contributed by atoms with Gasteiger partial charge in [0.25, 0.3) is 0 Å². The minimum absolute atomic E-state index is 0.00341. The summed E-state index contributed by atoms with van der Waals surface area (Å²) in [4.78, 5) is 12.8. The lowest BCUT2D eigenvalue weighted by Crippen LogP contribution is -2.40. The van der Waals surface area contributed by atoms with Gasteiger partial charge in [0.15, 0.2) is 5.75 Å². The number of hydrogen-bond acceptors (Lipinski definition) is 5. The first-order chi connectivity index (χ1) is 10.2. The lowest BCUT2D eigenvalue weighted by molar-refractivity contribution is -0.385. The van der Waals surface area contributed by atoms with E-state index in [9.17, 15) is 15.2 Å². The summed E-state index contributed by atoms with van der Waals surface area (Å²) in [5, 5.41) is 20.2. The van der Waals surface area contributed by atoms with E-state index in [1.165, 1.54) is 6.07 Å². The van der Waals surface area contributed by atoms with Crippen LogP contribution < -0.4 is 9.64 Å². The molecule has 1 aliphatic heterocycles. The number of nitro benzene ring substituents is 1. The average molecular weight is 294 g/mol. The summed E-state index contributed by atoms with van der Waals surface area (Å²) >= 11 is 0. The minimum atomic E-state index is -0.420. The largest absolute Gasteiger partial charge is 0.487 e. The summed E-state index contributed by atoms with van der Waals surface area (Å²) in [6.07, 6.45) is 4.03. The van der Waals surface area contributed by atoms with Crippen molar-refractivity contribution in [2.75, 3.05) is 24.7 Å². The Bertz CT molecular complexity index is 491. The van der Waals surface area contributed by atoms with E-state index in [1.807, 2.05) is 6.92 Å². The van der Waals surface area contributed by atoms with Crippen LogP contribution in [0.4, 0.5) is 11.4 Å². The lowest BCUT2D eigenvalue weighted by Gasteiger charge is -2.37. The Labute approximate surface area is 124 Å². The second kappa shape index (κ2) is 7.26. The number of ether oxygens (including phenoxy) is 1. The molecule has 1 saturated heterocycles. The number of rotatable bonds is 6. The van der Waals surface area contributed by atoms with Gasteiger partial charge >= 0.3 is 5.69 Å². The van der Waals surface area contributed by atoms with Crippen LogP contribution in [0, 0.1) is 10.1 Å². The predicted octanol–water partition coefficient (Wildman–Crippen LogP) is 2.73. The Balaban J connectivity index is 2.29. The predicted molar refractivity (Wildman–Crippen MR) is 81.0 cm³/mol. The van der Waals surface area contributed by atoms with Crippen LogP contribution in [0.1, 0.15) is 32.6 Å². The second-order valence-electron chi connectivity index (χ2n) is 5.20. The van der Waals surface area contributed by atoms with Gasteiger partial charge in [0.05, 0.1) is 11.5 Å². The summed E-state index contributed by atoms with van der Waals surface area (Å²) in [6.45, 7) is 3.27. The van der Waals surface area contributed by atoms with Gasteiger partial charge in [-0.1, -0.05) is 0 Å². The summed E-state index contributed by atoms with van der Waals surface area (Å²) in [7, 11) is 0. The molecule has 0 bridgehead atoms. The molecule has 1 unspecified atom stereocenters. The highest BCUT2D eigenvalue weighted by atomic mass is 16.6. The molecule has 0 amide bonds. The van der Waals surface area contributed by atoms with Crippen LogP contribution in [0.5, 0.6) is 5.75 Å². The van der Waals surface area contributed by atoms with Crippen molar-refractivity contribution in [3.8, 4) is 5.75 Å². The molecule has 1 N–H and O–H groups in total. The van der Waals surface area contributed by atoms with Crippen molar-refractivity contribution in [3.05, 3.63) is 28.3 Å². The number of nitro groups is 1. The highest BCUT2D eigenvalue weighted by Gasteiger charge is 2.24. The van der Waals surface area contributed by atoms with Crippen molar-refractivity contribution < 1.29 is 14.8 Å². The van der Waals surface area contributed by atoms with Crippen molar-refractivity contribution in [1.82, 2.24) is 0 Å². The van der Waals surface area contributed by atoms with Crippen molar-refractivity contribution in [3.63, 3.8) is 0 Å². The van der Waals surface area contributed by atoms with Crippen LogP contribution in [0.25, 0.3) is 0 Å². The maximum atomic E-state index is 11.0. The third-order valence-corrected chi connectivity index (χ3v) is 3.86. The number of hydrogen-bond donors (Lipinski definition) is 1. The third-order valence-electron chi connectivity index (χ3n) is 3.86. The molecule has 0 radical (unpaired) electrons. The Morgan fingerprint density at radius 2 is 2.29 bits per heavy atom. The molecule has 0 saturated carbocycles. The van der Waals surface area contributed by atoms with Gasteiger partial charge < -0.3 is 14.7 Å². The van der Waals surface area contributed by atoms with Crippen molar-refractivity contribution in [2.24, 2.45) is 0 Å². The zero-order valence-electron chi connectivity index (χ0n) is 12.3. The SMILES string of the molecule is CCOc1cc(N2CCCCC2CCO)ccc1[N+](=O)[O-]. The second-order valence-corrected chi connectivity index (χ2v) is 5.20. The molecule has 1 aromatic rings. The fraction of sp³-hybridized carbons (Fsp3) is 0.600. The smallest absolute Gasteiger partial charge is 0.311 e. The van der Waals surface area contributed by atoms with Crippen molar-refractivity contribution in [2.45, 2.75) is 38.6 Å². The maximum Gasteiger partial charge on any atom is 0.311 e. The number of piperidine rings is 1. The number of anilines is 1. The fourth-order valence-corrected chi connectivity index (χ4v) is 2.89. The molecule has 1 fully saturated rings. The van der Waals surface area contributed by atoms with E-state index < -0.39 is 4.92 Å². The maximum absolute atomic E-state index is 11.0. The standard InChI is InChI=1S/C15H22N2O4/c1-2-21-15-11-13(6-7-14(15)17(19)20)16-9-4-3-5-12(16)8-10-18/h6-7,11-12,18H,2-5,8-10H2,1H3. The molecule has 0 aromatic heterocycles. The van der Waals surface area contributed by atoms with E-state index in [0.29, 0.717) is 18.4 Å². The molecule has 1 aliphatic rings. The van der Waals surface area contributed by atoms with E-state index in [2.05, 4.69) is 4.90 Å². The summed E-state index contributed by atoms with van der Waals surface area (Å²) in [5.74, 6) is 0.313. The van der Waals surface area contributed by atoms with Crippen LogP contribution in [0.3, 0.4) is 0 Å². The fourth-order valence-electron chi connectivity index (χ4n) is 2.89. The Morgan fingerprint density at radius 3 is 2.95 bits per heavy atom. The van der Waals surface area contributed by atoms with Crippen LogP contribution in [-0.4, -0.2) is 35.8 Å². The molecule has 1 aromatic carbocycles. The number of nitrogens with zero attached hydrogens (tertiary/aromatic N) is 2. The normalized spacial score (nSPS) is 18.6. The van der Waals surface area contributed by atoms with E-state index >= 15 is 0 Å². The Hall–Kier alpha value is -1.82.